The van der Waals surface area contributed by atoms with Gasteiger partial charge in [0.1, 0.15) is 23.3 Å². The predicted molar refractivity (Wildman–Crippen MR) is 91.9 cm³/mol. The van der Waals surface area contributed by atoms with Crippen molar-refractivity contribution < 1.29 is 9.21 Å². The zero-order chi connectivity index (χ0) is 17.4. The summed E-state index contributed by atoms with van der Waals surface area (Å²) < 4.78 is 9.05. The number of carbonyl (C=O) groups is 1. The molecule has 7 nitrogen and oxygen atoms in total. The van der Waals surface area contributed by atoms with Crippen LogP contribution < -0.4 is 0 Å². The molecule has 0 aliphatic carbocycles. The zero-order valence-corrected chi connectivity index (χ0v) is 14.5. The van der Waals surface area contributed by atoms with Crippen LogP contribution in [-0.4, -0.2) is 36.7 Å². The molecular formula is C18H21N5O2. The lowest BCUT2D eigenvalue weighted by Crippen LogP contribution is -2.37. The van der Waals surface area contributed by atoms with Gasteiger partial charge >= 0.3 is 0 Å². The average molecular weight is 339 g/mol. The summed E-state index contributed by atoms with van der Waals surface area (Å²) in [5.41, 5.74) is 4.53. The second-order valence-electron chi connectivity index (χ2n) is 6.35. The topological polar surface area (TPSA) is 69.1 Å². The molecule has 0 atom stereocenters. The number of carbonyl (C=O) groups excluding carboxylic acids is 1. The van der Waals surface area contributed by atoms with Crippen molar-refractivity contribution in [3.05, 3.63) is 47.9 Å². The van der Waals surface area contributed by atoms with E-state index in [2.05, 4.69) is 16.6 Å². The van der Waals surface area contributed by atoms with Crippen LogP contribution in [0, 0.1) is 0 Å². The number of aryl methyl sites for hydroxylation is 2. The first-order valence-electron chi connectivity index (χ1n) is 8.56. The SMILES string of the molecule is CCCn1nc(-c2cocn2)c2c1CCN(C(=O)c1cccn1C)C2. The van der Waals surface area contributed by atoms with Crippen LogP contribution in [0.4, 0.5) is 0 Å². The van der Waals surface area contributed by atoms with E-state index in [9.17, 15) is 4.79 Å². The van der Waals surface area contributed by atoms with Crippen molar-refractivity contribution >= 4 is 5.91 Å². The van der Waals surface area contributed by atoms with E-state index in [0.29, 0.717) is 18.8 Å². The molecular weight excluding hydrogens is 318 g/mol. The quantitative estimate of drug-likeness (QED) is 0.732. The molecule has 3 aromatic rings. The third-order valence-corrected chi connectivity index (χ3v) is 4.69. The fourth-order valence-electron chi connectivity index (χ4n) is 3.44. The van der Waals surface area contributed by atoms with E-state index in [0.717, 1.165) is 36.3 Å². The van der Waals surface area contributed by atoms with Gasteiger partial charge in [0.15, 0.2) is 6.39 Å². The van der Waals surface area contributed by atoms with E-state index in [4.69, 9.17) is 9.52 Å². The summed E-state index contributed by atoms with van der Waals surface area (Å²) in [4.78, 5) is 19.0. The van der Waals surface area contributed by atoms with Crippen LogP contribution in [0.15, 0.2) is 35.4 Å². The Labute approximate surface area is 145 Å². The number of rotatable bonds is 4. The molecule has 0 N–H and O–H groups in total. The summed E-state index contributed by atoms with van der Waals surface area (Å²) >= 11 is 0. The summed E-state index contributed by atoms with van der Waals surface area (Å²) in [6.45, 7) is 4.25. The molecule has 0 bridgehead atoms. The molecule has 1 amide bonds. The van der Waals surface area contributed by atoms with Crippen LogP contribution in [0.2, 0.25) is 0 Å². The van der Waals surface area contributed by atoms with Crippen LogP contribution in [0.3, 0.4) is 0 Å². The fraction of sp³-hybridized carbons (Fsp3) is 0.389. The lowest BCUT2D eigenvalue weighted by atomic mass is 10.0. The average Bonchev–Trinajstić information content (AvgIpc) is 3.34. The predicted octanol–water partition coefficient (Wildman–Crippen LogP) is 2.49. The Morgan fingerprint density at radius 1 is 1.40 bits per heavy atom. The van der Waals surface area contributed by atoms with Crippen molar-refractivity contribution in [3.63, 3.8) is 0 Å². The minimum atomic E-state index is 0.0486. The molecule has 130 valence electrons. The van der Waals surface area contributed by atoms with Gasteiger partial charge in [-0.1, -0.05) is 6.92 Å². The molecule has 4 rings (SSSR count). The van der Waals surface area contributed by atoms with Gasteiger partial charge in [-0.05, 0) is 18.6 Å². The molecule has 3 aromatic heterocycles. The lowest BCUT2D eigenvalue weighted by molar-refractivity contribution is 0.0724. The smallest absolute Gasteiger partial charge is 0.270 e. The van der Waals surface area contributed by atoms with Crippen molar-refractivity contribution in [2.75, 3.05) is 6.54 Å². The second kappa shape index (κ2) is 6.23. The molecule has 0 radical (unpaired) electrons. The van der Waals surface area contributed by atoms with E-state index >= 15 is 0 Å². The van der Waals surface area contributed by atoms with Crippen molar-refractivity contribution in [1.82, 2.24) is 24.2 Å². The highest BCUT2D eigenvalue weighted by atomic mass is 16.3. The summed E-state index contributed by atoms with van der Waals surface area (Å²) in [7, 11) is 1.89. The third kappa shape index (κ3) is 2.65. The van der Waals surface area contributed by atoms with Crippen LogP contribution in [-0.2, 0) is 26.6 Å². The van der Waals surface area contributed by atoms with Crippen molar-refractivity contribution in [1.29, 1.82) is 0 Å². The Hall–Kier alpha value is -2.83. The van der Waals surface area contributed by atoms with Crippen LogP contribution in [0.1, 0.15) is 35.1 Å². The maximum Gasteiger partial charge on any atom is 0.270 e. The fourth-order valence-corrected chi connectivity index (χ4v) is 3.44. The molecule has 0 saturated heterocycles. The first-order chi connectivity index (χ1) is 12.2. The summed E-state index contributed by atoms with van der Waals surface area (Å²) in [5, 5.41) is 4.75. The number of amides is 1. The van der Waals surface area contributed by atoms with E-state index < -0.39 is 0 Å². The lowest BCUT2D eigenvalue weighted by Gasteiger charge is -2.28. The highest BCUT2D eigenvalue weighted by Gasteiger charge is 2.29. The first-order valence-corrected chi connectivity index (χ1v) is 8.56. The Morgan fingerprint density at radius 3 is 2.96 bits per heavy atom. The van der Waals surface area contributed by atoms with Gasteiger partial charge in [0.05, 0.1) is 6.54 Å². The van der Waals surface area contributed by atoms with E-state index in [1.807, 2.05) is 34.8 Å². The molecule has 1 aliphatic rings. The molecule has 0 saturated carbocycles. The van der Waals surface area contributed by atoms with Crippen LogP contribution in [0.25, 0.3) is 11.4 Å². The Balaban J connectivity index is 1.70. The number of aromatic nitrogens is 4. The first kappa shape index (κ1) is 15.7. The van der Waals surface area contributed by atoms with E-state index in [1.165, 1.54) is 12.1 Å². The molecule has 0 unspecified atom stereocenters. The molecule has 7 heteroatoms. The van der Waals surface area contributed by atoms with Crippen molar-refractivity contribution in [3.8, 4) is 11.4 Å². The summed E-state index contributed by atoms with van der Waals surface area (Å²) in [6.07, 6.45) is 6.73. The normalized spacial score (nSPS) is 13.9. The Morgan fingerprint density at radius 2 is 2.28 bits per heavy atom. The number of hydrogen-bond acceptors (Lipinski definition) is 4. The van der Waals surface area contributed by atoms with Gasteiger partial charge in [-0.2, -0.15) is 5.10 Å². The molecule has 1 aliphatic heterocycles. The van der Waals surface area contributed by atoms with Gasteiger partial charge < -0.3 is 13.9 Å². The van der Waals surface area contributed by atoms with Gasteiger partial charge in [-0.3, -0.25) is 9.48 Å². The number of fused-ring (bicyclic) bond motifs is 1. The highest BCUT2D eigenvalue weighted by Crippen LogP contribution is 2.30. The molecule has 0 aromatic carbocycles. The number of nitrogens with zero attached hydrogens (tertiary/aromatic N) is 5. The van der Waals surface area contributed by atoms with Crippen molar-refractivity contribution in [2.24, 2.45) is 7.05 Å². The van der Waals surface area contributed by atoms with E-state index in [-0.39, 0.29) is 5.91 Å². The van der Waals surface area contributed by atoms with Crippen LogP contribution >= 0.6 is 0 Å². The van der Waals surface area contributed by atoms with Gasteiger partial charge in [-0.15, -0.1) is 0 Å². The molecule has 0 spiro atoms. The summed E-state index contributed by atoms with van der Waals surface area (Å²) in [6, 6.07) is 3.75. The highest BCUT2D eigenvalue weighted by molar-refractivity contribution is 5.93. The van der Waals surface area contributed by atoms with Gasteiger partial charge in [0.2, 0.25) is 0 Å². The minimum Gasteiger partial charge on any atom is -0.451 e. The number of oxazole rings is 1. The second-order valence-corrected chi connectivity index (χ2v) is 6.35. The van der Waals surface area contributed by atoms with Crippen molar-refractivity contribution in [2.45, 2.75) is 32.9 Å². The standard InChI is InChI=1S/C18H21N5O2/c1-3-7-23-15-6-9-22(18(24)16-5-4-8-21(16)2)10-13(15)17(20-23)14-11-25-12-19-14/h4-5,8,11-12H,3,6-7,9-10H2,1-2H3. The van der Waals surface area contributed by atoms with Gasteiger partial charge in [-0.25, -0.2) is 4.98 Å². The largest absolute Gasteiger partial charge is 0.451 e. The maximum atomic E-state index is 12.9. The monoisotopic (exact) mass is 339 g/mol. The van der Waals surface area contributed by atoms with Crippen LogP contribution in [0.5, 0.6) is 0 Å². The minimum absolute atomic E-state index is 0.0486. The van der Waals surface area contributed by atoms with Gasteiger partial charge in [0.25, 0.3) is 5.91 Å². The zero-order valence-electron chi connectivity index (χ0n) is 14.5. The molecule has 25 heavy (non-hydrogen) atoms. The maximum absolute atomic E-state index is 12.9. The molecule has 4 heterocycles. The third-order valence-electron chi connectivity index (χ3n) is 4.69. The summed E-state index contributed by atoms with van der Waals surface area (Å²) in [5.74, 6) is 0.0486. The van der Waals surface area contributed by atoms with E-state index in [1.54, 1.807) is 6.26 Å². The Bertz CT molecular complexity index is 891. The molecule has 0 fully saturated rings. The Kier molecular flexibility index (Phi) is 3.91. The number of hydrogen-bond donors (Lipinski definition) is 0. The van der Waals surface area contributed by atoms with Gasteiger partial charge in [0, 0.05) is 44.0 Å².